The van der Waals surface area contributed by atoms with E-state index in [1.807, 2.05) is 0 Å². The maximum absolute atomic E-state index is 12.6. The zero-order chi connectivity index (χ0) is 14.9. The molecule has 2 saturated carbocycles. The molecule has 2 N–H and O–H groups in total. The van der Waals surface area contributed by atoms with E-state index >= 15 is 0 Å². The highest BCUT2D eigenvalue weighted by Crippen LogP contribution is 2.44. The minimum Gasteiger partial charge on any atom is -0.317 e. The Morgan fingerprint density at radius 3 is 2.10 bits per heavy atom. The smallest absolute Gasteiger partial charge is 0.279 e. The van der Waals surface area contributed by atoms with E-state index in [4.69, 9.17) is 0 Å². The quantitative estimate of drug-likeness (QED) is 0.710. The number of hydrogen-bond donors (Lipinski definition) is 2. The highest BCUT2D eigenvalue weighted by Gasteiger charge is 2.44. The van der Waals surface area contributed by atoms with E-state index in [1.54, 1.807) is 4.31 Å². The summed E-state index contributed by atoms with van der Waals surface area (Å²) in [5.74, 6) is 1.84. The molecule has 0 aromatic heterocycles. The van der Waals surface area contributed by atoms with Crippen LogP contribution < -0.4 is 10.0 Å². The number of hydrogen-bond acceptors (Lipinski definition) is 3. The molecule has 1 saturated heterocycles. The molecule has 1 heterocycles. The summed E-state index contributed by atoms with van der Waals surface area (Å²) < 4.78 is 29.9. The number of nitrogens with one attached hydrogen (secondary N) is 2. The third-order valence-corrected chi connectivity index (χ3v) is 6.76. The summed E-state index contributed by atoms with van der Waals surface area (Å²) in [4.78, 5) is 0. The molecule has 0 unspecified atom stereocenters. The fourth-order valence-corrected chi connectivity index (χ4v) is 5.01. The van der Waals surface area contributed by atoms with Gasteiger partial charge in [-0.1, -0.05) is 6.92 Å². The first kappa shape index (κ1) is 15.7. The second kappa shape index (κ2) is 6.52. The normalized spacial score (nSPS) is 25.6. The van der Waals surface area contributed by atoms with Gasteiger partial charge in [-0.25, -0.2) is 0 Å². The number of piperidine rings is 1. The van der Waals surface area contributed by atoms with Gasteiger partial charge in [0.1, 0.15) is 0 Å². The van der Waals surface area contributed by atoms with Crippen molar-refractivity contribution in [2.45, 2.75) is 51.5 Å². The second-order valence-electron chi connectivity index (χ2n) is 6.97. The summed E-state index contributed by atoms with van der Waals surface area (Å²) in [6, 6.07) is 0.217. The Balaban J connectivity index is 1.51. The third kappa shape index (κ3) is 4.18. The Kier molecular flexibility index (Phi) is 4.88. The van der Waals surface area contributed by atoms with Crippen molar-refractivity contribution < 1.29 is 8.42 Å². The van der Waals surface area contributed by atoms with Gasteiger partial charge in [0.15, 0.2) is 0 Å². The number of rotatable bonds is 8. The van der Waals surface area contributed by atoms with Gasteiger partial charge in [0.25, 0.3) is 10.2 Å². The summed E-state index contributed by atoms with van der Waals surface area (Å²) in [6.07, 6.45) is 6.77. The summed E-state index contributed by atoms with van der Waals surface area (Å²) in [6.45, 7) is 5.47. The lowest BCUT2D eigenvalue weighted by Crippen LogP contribution is -2.50. The molecular weight excluding hydrogens is 286 g/mol. The molecule has 3 aliphatic rings. The lowest BCUT2D eigenvalue weighted by molar-refractivity contribution is 0.263. The van der Waals surface area contributed by atoms with E-state index in [-0.39, 0.29) is 6.04 Å². The number of nitrogens with zero attached hydrogens (tertiary/aromatic N) is 1. The molecule has 6 heteroatoms. The molecule has 21 heavy (non-hydrogen) atoms. The predicted octanol–water partition coefficient (Wildman–Crippen LogP) is 1.33. The topological polar surface area (TPSA) is 61.4 Å². The monoisotopic (exact) mass is 315 g/mol. The van der Waals surface area contributed by atoms with Crippen molar-refractivity contribution in [3.8, 4) is 0 Å². The van der Waals surface area contributed by atoms with E-state index in [1.165, 1.54) is 25.7 Å². The maximum atomic E-state index is 12.6. The molecule has 5 nitrogen and oxygen atoms in total. The summed E-state index contributed by atoms with van der Waals surface area (Å²) in [5.41, 5.74) is 0. The molecule has 0 atom stereocenters. The zero-order valence-electron chi connectivity index (χ0n) is 13.1. The minimum absolute atomic E-state index is 0.217. The van der Waals surface area contributed by atoms with Crippen LogP contribution in [0.15, 0.2) is 0 Å². The summed E-state index contributed by atoms with van der Waals surface area (Å²) in [7, 11) is -3.27. The first-order valence-corrected chi connectivity index (χ1v) is 10.0. The van der Waals surface area contributed by atoms with E-state index in [0.29, 0.717) is 30.8 Å². The molecular formula is C15H29N3O2S. The molecule has 122 valence electrons. The molecule has 2 aliphatic carbocycles. The first-order chi connectivity index (χ1) is 10.1. The first-order valence-electron chi connectivity index (χ1n) is 8.58. The second-order valence-corrected chi connectivity index (χ2v) is 8.68. The van der Waals surface area contributed by atoms with Crippen LogP contribution in [0.5, 0.6) is 0 Å². The maximum Gasteiger partial charge on any atom is 0.279 e. The highest BCUT2D eigenvalue weighted by molar-refractivity contribution is 7.87. The molecule has 0 aromatic carbocycles. The Bertz CT molecular complexity index is 426. The van der Waals surface area contributed by atoms with Crippen LogP contribution in [0.1, 0.15) is 45.4 Å². The molecule has 3 fully saturated rings. The summed E-state index contributed by atoms with van der Waals surface area (Å²) >= 11 is 0. The van der Waals surface area contributed by atoms with Gasteiger partial charge in [-0.05, 0) is 69.4 Å². The van der Waals surface area contributed by atoms with Crippen molar-refractivity contribution in [2.75, 3.05) is 26.2 Å². The summed E-state index contributed by atoms with van der Waals surface area (Å²) in [5, 5.41) is 3.37. The third-order valence-electron chi connectivity index (χ3n) is 5.14. The molecule has 0 aromatic rings. The average Bonchev–Trinajstić information content (AvgIpc) is 3.36. The zero-order valence-corrected chi connectivity index (χ0v) is 13.9. The van der Waals surface area contributed by atoms with E-state index in [2.05, 4.69) is 17.0 Å². The van der Waals surface area contributed by atoms with Gasteiger partial charge in [-0.3, -0.25) is 0 Å². The van der Waals surface area contributed by atoms with Gasteiger partial charge in [-0.15, -0.1) is 0 Å². The SMILES string of the molecule is CCNCC1CCN(S(=O)(=O)NC(C2CC2)C2CC2)CC1. The van der Waals surface area contributed by atoms with Gasteiger partial charge in [-0.2, -0.15) is 17.4 Å². The Labute approximate surface area is 129 Å². The predicted molar refractivity (Wildman–Crippen MR) is 84.1 cm³/mol. The fraction of sp³-hybridized carbons (Fsp3) is 1.00. The van der Waals surface area contributed by atoms with Crippen molar-refractivity contribution in [3.05, 3.63) is 0 Å². The van der Waals surface area contributed by atoms with Crippen molar-refractivity contribution in [2.24, 2.45) is 17.8 Å². The molecule has 3 rings (SSSR count). The van der Waals surface area contributed by atoms with Crippen LogP contribution in [0.2, 0.25) is 0 Å². The van der Waals surface area contributed by atoms with Gasteiger partial charge in [0.05, 0.1) is 0 Å². The molecule has 0 amide bonds. The largest absolute Gasteiger partial charge is 0.317 e. The van der Waals surface area contributed by atoms with E-state index < -0.39 is 10.2 Å². The van der Waals surface area contributed by atoms with Crippen LogP contribution >= 0.6 is 0 Å². The van der Waals surface area contributed by atoms with Crippen LogP contribution in [0.25, 0.3) is 0 Å². The standard InChI is InChI=1S/C15H29N3O2S/c1-2-16-11-12-7-9-18(10-8-12)21(19,20)17-15(13-3-4-13)14-5-6-14/h12-17H,2-11H2,1H3. The van der Waals surface area contributed by atoms with Gasteiger partial charge < -0.3 is 5.32 Å². The van der Waals surface area contributed by atoms with Crippen molar-refractivity contribution in [3.63, 3.8) is 0 Å². The van der Waals surface area contributed by atoms with E-state index in [0.717, 1.165) is 25.9 Å². The van der Waals surface area contributed by atoms with Gasteiger partial charge >= 0.3 is 0 Å². The minimum atomic E-state index is -3.27. The average molecular weight is 315 g/mol. The molecule has 1 aliphatic heterocycles. The van der Waals surface area contributed by atoms with Crippen molar-refractivity contribution in [1.82, 2.24) is 14.3 Å². The Morgan fingerprint density at radius 1 is 1.05 bits per heavy atom. The van der Waals surface area contributed by atoms with E-state index in [9.17, 15) is 8.42 Å². The molecule has 0 radical (unpaired) electrons. The van der Waals surface area contributed by atoms with Crippen molar-refractivity contribution >= 4 is 10.2 Å². The van der Waals surface area contributed by atoms with Crippen molar-refractivity contribution in [1.29, 1.82) is 0 Å². The lowest BCUT2D eigenvalue weighted by Gasteiger charge is -2.32. The van der Waals surface area contributed by atoms with Crippen LogP contribution in [0.3, 0.4) is 0 Å². The van der Waals surface area contributed by atoms with Crippen LogP contribution in [-0.2, 0) is 10.2 Å². The Morgan fingerprint density at radius 2 is 1.62 bits per heavy atom. The van der Waals surface area contributed by atoms with Crippen LogP contribution in [0.4, 0.5) is 0 Å². The van der Waals surface area contributed by atoms with Crippen LogP contribution in [-0.4, -0.2) is 44.9 Å². The highest BCUT2D eigenvalue weighted by atomic mass is 32.2. The fourth-order valence-electron chi connectivity index (χ4n) is 3.44. The lowest BCUT2D eigenvalue weighted by atomic mass is 9.98. The molecule has 0 spiro atoms. The Hall–Kier alpha value is -0.170. The molecule has 0 bridgehead atoms. The van der Waals surface area contributed by atoms with Gasteiger partial charge in [0.2, 0.25) is 0 Å². The van der Waals surface area contributed by atoms with Crippen LogP contribution in [0, 0.1) is 17.8 Å². The van der Waals surface area contributed by atoms with Gasteiger partial charge in [0, 0.05) is 19.1 Å².